The number of halogens is 1. The summed E-state index contributed by atoms with van der Waals surface area (Å²) in [7, 11) is 0. The normalized spacial score (nSPS) is 10.6. The first-order valence-corrected chi connectivity index (χ1v) is 3.88. The second-order valence-electron chi connectivity index (χ2n) is 2.21. The minimum absolute atomic E-state index is 0.0445. The number of aromatic nitrogens is 2. The second kappa shape index (κ2) is 2.23. The highest BCUT2D eigenvalue weighted by Crippen LogP contribution is 2.15. The molecular formula is C7H5BrN2O. The molecule has 1 N–H and O–H groups in total. The van der Waals surface area contributed by atoms with Crippen LogP contribution in [0.15, 0.2) is 29.0 Å². The lowest BCUT2D eigenvalue weighted by Crippen LogP contribution is -1.79. The van der Waals surface area contributed by atoms with Gasteiger partial charge in [0.1, 0.15) is 5.65 Å². The van der Waals surface area contributed by atoms with Crippen LogP contribution < -0.4 is 0 Å². The molecule has 0 bridgehead atoms. The monoisotopic (exact) mass is 212 g/mol. The molecule has 0 fully saturated rings. The van der Waals surface area contributed by atoms with Crippen LogP contribution >= 0.6 is 15.9 Å². The fourth-order valence-corrected chi connectivity index (χ4v) is 1.27. The van der Waals surface area contributed by atoms with E-state index in [-0.39, 0.29) is 5.88 Å². The van der Waals surface area contributed by atoms with E-state index in [1.54, 1.807) is 10.6 Å². The van der Waals surface area contributed by atoms with Gasteiger partial charge in [0.15, 0.2) is 0 Å². The highest BCUT2D eigenvalue weighted by molar-refractivity contribution is 9.10. The van der Waals surface area contributed by atoms with Crippen molar-refractivity contribution in [1.82, 2.24) is 9.38 Å². The molecule has 11 heavy (non-hydrogen) atoms. The molecule has 0 aliphatic heterocycles. The number of rotatable bonds is 0. The molecule has 0 aliphatic carbocycles. The lowest BCUT2D eigenvalue weighted by molar-refractivity contribution is 0.457. The summed E-state index contributed by atoms with van der Waals surface area (Å²) in [5.74, 6) is 0.0445. The van der Waals surface area contributed by atoms with E-state index in [1.807, 2.05) is 18.3 Å². The third-order valence-corrected chi connectivity index (χ3v) is 1.90. The van der Waals surface area contributed by atoms with E-state index in [4.69, 9.17) is 5.11 Å². The molecule has 0 amide bonds. The summed E-state index contributed by atoms with van der Waals surface area (Å²) < 4.78 is 2.70. The Morgan fingerprint density at radius 3 is 3.18 bits per heavy atom. The molecule has 0 aliphatic rings. The Labute approximate surface area is 71.4 Å². The van der Waals surface area contributed by atoms with Gasteiger partial charge >= 0.3 is 0 Å². The van der Waals surface area contributed by atoms with E-state index in [0.29, 0.717) is 0 Å². The molecule has 2 aromatic heterocycles. The van der Waals surface area contributed by atoms with Crippen molar-refractivity contribution >= 4 is 21.6 Å². The van der Waals surface area contributed by atoms with E-state index >= 15 is 0 Å². The predicted molar refractivity (Wildman–Crippen MR) is 44.6 cm³/mol. The van der Waals surface area contributed by atoms with Crippen molar-refractivity contribution < 1.29 is 5.11 Å². The van der Waals surface area contributed by atoms with E-state index in [2.05, 4.69) is 20.9 Å². The molecule has 0 aromatic carbocycles. The number of nitrogens with zero attached hydrogens (tertiary/aromatic N) is 2. The van der Waals surface area contributed by atoms with Crippen molar-refractivity contribution in [2.45, 2.75) is 0 Å². The van der Waals surface area contributed by atoms with Gasteiger partial charge in [-0.3, -0.25) is 0 Å². The van der Waals surface area contributed by atoms with Gasteiger partial charge in [0.25, 0.3) is 0 Å². The zero-order valence-electron chi connectivity index (χ0n) is 5.53. The molecule has 0 atom stereocenters. The van der Waals surface area contributed by atoms with Gasteiger partial charge in [0.2, 0.25) is 5.88 Å². The van der Waals surface area contributed by atoms with Crippen LogP contribution in [0.3, 0.4) is 0 Å². The molecule has 2 aromatic rings. The van der Waals surface area contributed by atoms with Crippen LogP contribution in [-0.4, -0.2) is 14.5 Å². The Kier molecular flexibility index (Phi) is 1.35. The minimum atomic E-state index is 0.0445. The Balaban J connectivity index is 2.82. The lowest BCUT2D eigenvalue weighted by Gasteiger charge is -1.90. The number of hydrogen-bond acceptors (Lipinski definition) is 2. The fourth-order valence-electron chi connectivity index (χ4n) is 0.944. The Morgan fingerprint density at radius 2 is 2.36 bits per heavy atom. The van der Waals surface area contributed by atoms with Gasteiger partial charge in [-0.1, -0.05) is 15.9 Å². The van der Waals surface area contributed by atoms with Gasteiger partial charge in [-0.15, -0.1) is 0 Å². The Morgan fingerprint density at radius 1 is 1.55 bits per heavy atom. The number of aromatic hydroxyl groups is 1. The molecule has 0 radical (unpaired) electrons. The van der Waals surface area contributed by atoms with Crippen molar-refractivity contribution in [2.24, 2.45) is 0 Å². The van der Waals surface area contributed by atoms with Crippen molar-refractivity contribution in [3.8, 4) is 5.88 Å². The van der Waals surface area contributed by atoms with Gasteiger partial charge in [0.05, 0.1) is 6.20 Å². The standard InChI is InChI=1S/C7H5BrN2O/c8-5-1-2-10-4-7(11)9-6(10)3-5/h1-4,11H. The minimum Gasteiger partial charge on any atom is -0.492 e. The van der Waals surface area contributed by atoms with Gasteiger partial charge in [-0.2, -0.15) is 4.98 Å². The molecular weight excluding hydrogens is 208 g/mol. The van der Waals surface area contributed by atoms with Crippen molar-refractivity contribution in [3.05, 3.63) is 29.0 Å². The molecule has 2 heterocycles. The van der Waals surface area contributed by atoms with Crippen LogP contribution in [0.4, 0.5) is 0 Å². The first kappa shape index (κ1) is 6.67. The first-order chi connectivity index (χ1) is 5.25. The maximum atomic E-state index is 9.00. The quantitative estimate of drug-likeness (QED) is 0.724. The third kappa shape index (κ3) is 1.09. The maximum Gasteiger partial charge on any atom is 0.230 e. The van der Waals surface area contributed by atoms with Gasteiger partial charge in [0, 0.05) is 10.7 Å². The van der Waals surface area contributed by atoms with Crippen molar-refractivity contribution in [3.63, 3.8) is 0 Å². The SMILES string of the molecule is Oc1cn2ccc(Br)cc2n1. The average Bonchev–Trinajstić information content (AvgIpc) is 2.27. The lowest BCUT2D eigenvalue weighted by atomic mass is 10.5. The second-order valence-corrected chi connectivity index (χ2v) is 3.13. The largest absolute Gasteiger partial charge is 0.492 e. The molecule has 4 heteroatoms. The van der Waals surface area contributed by atoms with E-state index in [1.165, 1.54) is 0 Å². The fraction of sp³-hybridized carbons (Fsp3) is 0. The number of pyridine rings is 1. The topological polar surface area (TPSA) is 37.5 Å². The Bertz CT molecular complexity index is 396. The number of imidazole rings is 1. The van der Waals surface area contributed by atoms with Crippen LogP contribution in [0.5, 0.6) is 5.88 Å². The maximum absolute atomic E-state index is 9.00. The van der Waals surface area contributed by atoms with Gasteiger partial charge in [-0.05, 0) is 12.1 Å². The molecule has 56 valence electrons. The third-order valence-electron chi connectivity index (χ3n) is 1.41. The van der Waals surface area contributed by atoms with Crippen LogP contribution in [0, 0.1) is 0 Å². The molecule has 0 unspecified atom stereocenters. The summed E-state index contributed by atoms with van der Waals surface area (Å²) in [5, 5.41) is 9.00. The first-order valence-electron chi connectivity index (χ1n) is 3.09. The predicted octanol–water partition coefficient (Wildman–Crippen LogP) is 1.80. The van der Waals surface area contributed by atoms with E-state index in [9.17, 15) is 0 Å². The average molecular weight is 213 g/mol. The molecule has 0 spiro atoms. The van der Waals surface area contributed by atoms with Gasteiger partial charge < -0.3 is 9.51 Å². The Hall–Kier alpha value is -1.03. The van der Waals surface area contributed by atoms with Crippen molar-refractivity contribution in [2.75, 3.05) is 0 Å². The smallest absolute Gasteiger partial charge is 0.230 e. The van der Waals surface area contributed by atoms with Crippen molar-refractivity contribution in [1.29, 1.82) is 0 Å². The number of hydrogen-bond donors (Lipinski definition) is 1. The van der Waals surface area contributed by atoms with Crippen LogP contribution in [0.25, 0.3) is 5.65 Å². The summed E-state index contributed by atoms with van der Waals surface area (Å²) in [4.78, 5) is 3.86. The van der Waals surface area contributed by atoms with E-state index in [0.717, 1.165) is 10.1 Å². The highest BCUT2D eigenvalue weighted by Gasteiger charge is 1.97. The summed E-state index contributed by atoms with van der Waals surface area (Å²) in [6.07, 6.45) is 3.38. The van der Waals surface area contributed by atoms with Crippen LogP contribution in [0.1, 0.15) is 0 Å². The molecule has 3 nitrogen and oxygen atoms in total. The van der Waals surface area contributed by atoms with E-state index < -0.39 is 0 Å². The summed E-state index contributed by atoms with van der Waals surface area (Å²) >= 11 is 3.31. The summed E-state index contributed by atoms with van der Waals surface area (Å²) in [6, 6.07) is 3.72. The highest BCUT2D eigenvalue weighted by atomic mass is 79.9. The molecule has 0 saturated carbocycles. The van der Waals surface area contributed by atoms with Gasteiger partial charge in [-0.25, -0.2) is 0 Å². The molecule has 0 saturated heterocycles. The molecule has 2 rings (SSSR count). The van der Waals surface area contributed by atoms with Crippen LogP contribution in [-0.2, 0) is 0 Å². The van der Waals surface area contributed by atoms with Crippen LogP contribution in [0.2, 0.25) is 0 Å². The summed E-state index contributed by atoms with van der Waals surface area (Å²) in [6.45, 7) is 0. The number of fused-ring (bicyclic) bond motifs is 1. The summed E-state index contributed by atoms with van der Waals surface area (Å²) in [5.41, 5.74) is 0.733. The zero-order valence-corrected chi connectivity index (χ0v) is 7.12. The zero-order chi connectivity index (χ0) is 7.84.